The van der Waals surface area contributed by atoms with Crippen LogP contribution in [-0.2, 0) is 18.3 Å². The third-order valence-electron chi connectivity index (χ3n) is 6.82. The van der Waals surface area contributed by atoms with Crippen LogP contribution in [0.15, 0.2) is 24.3 Å². The Balaban J connectivity index is 1.42. The van der Waals surface area contributed by atoms with E-state index in [2.05, 4.69) is 22.6 Å². The van der Waals surface area contributed by atoms with Gasteiger partial charge in [0.1, 0.15) is 5.84 Å². The molecule has 1 aromatic carbocycles. The van der Waals surface area contributed by atoms with E-state index in [1.165, 1.54) is 36.8 Å². The van der Waals surface area contributed by atoms with Gasteiger partial charge in [-0.2, -0.15) is 0 Å². The van der Waals surface area contributed by atoms with E-state index in [0.29, 0.717) is 17.9 Å². The van der Waals surface area contributed by atoms with Crippen molar-refractivity contribution in [2.75, 3.05) is 6.54 Å². The SMILES string of the molecule is Cn1c(CC[C@@H]2CCCN2C(=O)CC2CCCC2)cc2ccc(C(=N)N)cc21. The summed E-state index contributed by atoms with van der Waals surface area (Å²) in [7, 11) is 2.08. The van der Waals surface area contributed by atoms with Gasteiger partial charge in [-0.1, -0.05) is 25.0 Å². The predicted octanol–water partition coefficient (Wildman–Crippen LogP) is 3.97. The van der Waals surface area contributed by atoms with Gasteiger partial charge in [0.25, 0.3) is 0 Å². The van der Waals surface area contributed by atoms with Crippen LogP contribution in [0.4, 0.5) is 0 Å². The fourth-order valence-electron chi connectivity index (χ4n) is 5.15. The summed E-state index contributed by atoms with van der Waals surface area (Å²) in [6, 6.07) is 8.57. The van der Waals surface area contributed by atoms with Crippen LogP contribution in [0.25, 0.3) is 10.9 Å². The number of nitrogens with two attached hydrogens (primary N) is 1. The van der Waals surface area contributed by atoms with Crippen molar-refractivity contribution in [1.82, 2.24) is 9.47 Å². The molecule has 0 radical (unpaired) electrons. The van der Waals surface area contributed by atoms with Gasteiger partial charge in [0.05, 0.1) is 0 Å². The first-order valence-electron chi connectivity index (χ1n) is 10.7. The van der Waals surface area contributed by atoms with Gasteiger partial charge < -0.3 is 15.2 Å². The Morgan fingerprint density at radius 1 is 1.18 bits per heavy atom. The molecule has 1 amide bonds. The molecule has 0 bridgehead atoms. The van der Waals surface area contributed by atoms with Gasteiger partial charge in [-0.15, -0.1) is 0 Å². The Hall–Kier alpha value is -2.30. The number of carbonyl (C=O) groups is 1. The van der Waals surface area contributed by atoms with Gasteiger partial charge >= 0.3 is 0 Å². The second-order valence-electron chi connectivity index (χ2n) is 8.66. The van der Waals surface area contributed by atoms with E-state index in [9.17, 15) is 4.79 Å². The van der Waals surface area contributed by atoms with Crippen LogP contribution in [0.5, 0.6) is 0 Å². The number of nitrogen functional groups attached to an aromatic ring is 1. The molecule has 1 atom stereocenters. The van der Waals surface area contributed by atoms with Crippen molar-refractivity contribution in [3.05, 3.63) is 35.5 Å². The smallest absolute Gasteiger partial charge is 0.223 e. The maximum absolute atomic E-state index is 12.8. The van der Waals surface area contributed by atoms with Crippen molar-refractivity contribution in [1.29, 1.82) is 5.41 Å². The minimum Gasteiger partial charge on any atom is -0.384 e. The molecule has 3 N–H and O–H groups in total. The molecule has 1 saturated heterocycles. The number of hydrogen-bond donors (Lipinski definition) is 2. The molecular weight excluding hydrogens is 348 g/mol. The van der Waals surface area contributed by atoms with Crippen LogP contribution in [-0.4, -0.2) is 33.8 Å². The molecule has 2 heterocycles. The second-order valence-corrected chi connectivity index (χ2v) is 8.66. The molecule has 1 aromatic heterocycles. The average Bonchev–Trinajstić information content (AvgIpc) is 3.41. The molecule has 1 saturated carbocycles. The lowest BCUT2D eigenvalue weighted by molar-refractivity contribution is -0.133. The first kappa shape index (κ1) is 19.0. The zero-order chi connectivity index (χ0) is 19.7. The number of rotatable bonds is 6. The number of hydrogen-bond acceptors (Lipinski definition) is 2. The van der Waals surface area contributed by atoms with E-state index in [4.69, 9.17) is 11.1 Å². The summed E-state index contributed by atoms with van der Waals surface area (Å²) in [6.07, 6.45) is 10.1. The molecule has 5 nitrogen and oxygen atoms in total. The second kappa shape index (κ2) is 7.98. The highest BCUT2D eigenvalue weighted by atomic mass is 16.2. The molecule has 4 rings (SSSR count). The number of carbonyl (C=O) groups excluding carboxylic acids is 1. The monoisotopic (exact) mass is 380 g/mol. The van der Waals surface area contributed by atoms with Crippen LogP contribution >= 0.6 is 0 Å². The number of benzene rings is 1. The van der Waals surface area contributed by atoms with Gasteiger partial charge in [0.2, 0.25) is 5.91 Å². The topological polar surface area (TPSA) is 75.1 Å². The third kappa shape index (κ3) is 3.80. The molecule has 28 heavy (non-hydrogen) atoms. The highest BCUT2D eigenvalue weighted by molar-refractivity contribution is 5.98. The maximum Gasteiger partial charge on any atom is 0.223 e. The highest BCUT2D eigenvalue weighted by Gasteiger charge is 2.30. The third-order valence-corrected chi connectivity index (χ3v) is 6.82. The van der Waals surface area contributed by atoms with Crippen molar-refractivity contribution < 1.29 is 4.79 Å². The van der Waals surface area contributed by atoms with Gasteiger partial charge in [0, 0.05) is 42.8 Å². The number of aromatic nitrogens is 1. The van der Waals surface area contributed by atoms with E-state index >= 15 is 0 Å². The molecule has 2 aliphatic rings. The lowest BCUT2D eigenvalue weighted by Gasteiger charge is -2.26. The number of aryl methyl sites for hydroxylation is 2. The summed E-state index contributed by atoms with van der Waals surface area (Å²) in [5.41, 5.74) is 8.80. The first-order valence-corrected chi connectivity index (χ1v) is 10.7. The molecule has 0 unspecified atom stereocenters. The van der Waals surface area contributed by atoms with Crippen molar-refractivity contribution in [3.63, 3.8) is 0 Å². The van der Waals surface area contributed by atoms with Gasteiger partial charge in [0.15, 0.2) is 0 Å². The van der Waals surface area contributed by atoms with Crippen molar-refractivity contribution in [2.45, 2.75) is 63.8 Å². The predicted molar refractivity (Wildman–Crippen MR) is 114 cm³/mol. The van der Waals surface area contributed by atoms with Crippen molar-refractivity contribution >= 4 is 22.6 Å². The Bertz CT molecular complexity index is 878. The fourth-order valence-corrected chi connectivity index (χ4v) is 5.15. The highest BCUT2D eigenvalue weighted by Crippen LogP contribution is 2.31. The summed E-state index contributed by atoms with van der Waals surface area (Å²) in [6.45, 7) is 0.938. The minimum atomic E-state index is 0.104. The van der Waals surface area contributed by atoms with E-state index in [1.807, 2.05) is 18.2 Å². The molecule has 0 spiro atoms. The standard InChI is InChI=1S/C23H32N4O/c1-26-20(14-17-8-9-18(23(24)25)15-21(17)26)11-10-19-7-4-12-27(19)22(28)13-16-5-2-3-6-16/h8-9,14-16,19H,2-7,10-13H2,1H3,(H3,24,25)/t19-/m0/s1. The summed E-state index contributed by atoms with van der Waals surface area (Å²) < 4.78 is 2.21. The summed E-state index contributed by atoms with van der Waals surface area (Å²) in [5, 5.41) is 8.84. The lowest BCUT2D eigenvalue weighted by Crippen LogP contribution is -2.36. The zero-order valence-corrected chi connectivity index (χ0v) is 16.9. The van der Waals surface area contributed by atoms with E-state index in [1.54, 1.807) is 0 Å². The normalized spacial score (nSPS) is 20.3. The van der Waals surface area contributed by atoms with Crippen molar-refractivity contribution in [3.8, 4) is 0 Å². The van der Waals surface area contributed by atoms with Crippen LogP contribution in [0.3, 0.4) is 0 Å². The molecular formula is C23H32N4O. The van der Waals surface area contributed by atoms with Crippen LogP contribution in [0.1, 0.15) is 62.6 Å². The average molecular weight is 381 g/mol. The molecule has 150 valence electrons. The Kier molecular flexibility index (Phi) is 5.42. The van der Waals surface area contributed by atoms with E-state index < -0.39 is 0 Å². The lowest BCUT2D eigenvalue weighted by atomic mass is 10.0. The van der Waals surface area contributed by atoms with Crippen LogP contribution in [0.2, 0.25) is 0 Å². The van der Waals surface area contributed by atoms with Gasteiger partial charge in [-0.25, -0.2) is 0 Å². The van der Waals surface area contributed by atoms with E-state index in [-0.39, 0.29) is 5.84 Å². The Labute approximate surface area is 167 Å². The number of fused-ring (bicyclic) bond motifs is 1. The Morgan fingerprint density at radius 2 is 1.96 bits per heavy atom. The van der Waals surface area contributed by atoms with Crippen LogP contribution < -0.4 is 5.73 Å². The molecule has 1 aliphatic carbocycles. The minimum absolute atomic E-state index is 0.104. The summed E-state index contributed by atoms with van der Waals surface area (Å²) >= 11 is 0. The number of nitrogens with one attached hydrogen (secondary N) is 1. The quantitative estimate of drug-likeness (QED) is 0.588. The number of likely N-dealkylation sites (tertiary alicyclic amines) is 1. The largest absolute Gasteiger partial charge is 0.384 e. The summed E-state index contributed by atoms with van der Waals surface area (Å²) in [4.78, 5) is 15.0. The van der Waals surface area contributed by atoms with Crippen molar-refractivity contribution in [2.24, 2.45) is 18.7 Å². The zero-order valence-electron chi connectivity index (χ0n) is 16.9. The van der Waals surface area contributed by atoms with Gasteiger partial charge in [-0.3, -0.25) is 10.2 Å². The number of amidine groups is 1. The molecule has 2 fully saturated rings. The maximum atomic E-state index is 12.8. The summed E-state index contributed by atoms with van der Waals surface area (Å²) in [5.74, 6) is 1.12. The van der Waals surface area contributed by atoms with E-state index in [0.717, 1.165) is 49.7 Å². The molecule has 1 aliphatic heterocycles. The fraction of sp³-hybridized carbons (Fsp3) is 0.565. The number of amides is 1. The molecule has 2 aromatic rings. The first-order chi connectivity index (χ1) is 13.5. The van der Waals surface area contributed by atoms with Gasteiger partial charge in [-0.05, 0) is 62.0 Å². The Morgan fingerprint density at radius 3 is 2.71 bits per heavy atom. The molecule has 5 heteroatoms. The van der Waals surface area contributed by atoms with Crippen LogP contribution in [0, 0.1) is 11.3 Å². The number of nitrogens with zero attached hydrogens (tertiary/aromatic N) is 2.